The fourth-order valence-corrected chi connectivity index (χ4v) is 3.28. The highest BCUT2D eigenvalue weighted by molar-refractivity contribution is 5.96. The number of unbranched alkanes of at least 4 members (excludes halogenated alkanes) is 5. The molecule has 0 aliphatic carbocycles. The van der Waals surface area contributed by atoms with Gasteiger partial charge in [0.2, 0.25) is 0 Å². The van der Waals surface area contributed by atoms with Crippen LogP contribution in [0, 0.1) is 0 Å². The Kier molecular flexibility index (Phi) is 12.5. The number of anilines is 2. The molecule has 0 heterocycles. The van der Waals surface area contributed by atoms with Crippen LogP contribution in [0.5, 0.6) is 0 Å². The quantitative estimate of drug-likeness (QED) is 0.207. The molecule has 0 radical (unpaired) electrons. The number of alkyl halides is 3. The lowest BCUT2D eigenvalue weighted by atomic mass is 10.1. The van der Waals surface area contributed by atoms with E-state index in [2.05, 4.69) is 12.2 Å². The Hall–Kier alpha value is -2.58. The maximum atomic E-state index is 13.0. The molecule has 0 aliphatic heterocycles. The van der Waals surface area contributed by atoms with Crippen molar-refractivity contribution >= 4 is 17.3 Å². The molecule has 8 heteroatoms. The number of benzene rings is 2. The molecular formula is C26H34F3NO4. The maximum Gasteiger partial charge on any atom is 0.416 e. The number of hydrogen-bond donors (Lipinski definition) is 1. The van der Waals surface area contributed by atoms with Gasteiger partial charge in [-0.05, 0) is 36.8 Å². The molecule has 2 rings (SSSR count). The van der Waals surface area contributed by atoms with Gasteiger partial charge in [0, 0.05) is 12.3 Å². The predicted molar refractivity (Wildman–Crippen MR) is 126 cm³/mol. The van der Waals surface area contributed by atoms with E-state index >= 15 is 0 Å². The minimum absolute atomic E-state index is 0.0636. The van der Waals surface area contributed by atoms with Crippen molar-refractivity contribution in [2.75, 3.05) is 38.4 Å². The van der Waals surface area contributed by atoms with Crippen LogP contribution in [0.4, 0.5) is 24.5 Å². The van der Waals surface area contributed by atoms with E-state index in [-0.39, 0.29) is 24.5 Å². The molecular weight excluding hydrogens is 447 g/mol. The number of halogens is 3. The van der Waals surface area contributed by atoms with E-state index in [0.29, 0.717) is 18.9 Å². The van der Waals surface area contributed by atoms with E-state index in [9.17, 15) is 18.0 Å². The average Bonchev–Trinajstić information content (AvgIpc) is 2.82. The topological polar surface area (TPSA) is 56.8 Å². The highest BCUT2D eigenvalue weighted by Gasteiger charge is 2.30. The van der Waals surface area contributed by atoms with E-state index in [0.717, 1.165) is 25.2 Å². The van der Waals surface area contributed by atoms with Gasteiger partial charge >= 0.3 is 12.1 Å². The van der Waals surface area contributed by atoms with Crippen LogP contribution in [-0.4, -0.2) is 39.0 Å². The van der Waals surface area contributed by atoms with Gasteiger partial charge in [0.05, 0.1) is 36.6 Å². The third-order valence-electron chi connectivity index (χ3n) is 5.09. The first-order valence-electron chi connectivity index (χ1n) is 11.8. The molecule has 0 saturated carbocycles. The molecule has 2 aromatic carbocycles. The number of carbonyl (C=O) groups is 1. The standard InChI is InChI=1S/C26H34F3NO4/c1-2-3-4-5-6-9-15-32-16-17-33-18-19-34-25(31)23-13-7-8-14-24(23)30-22-12-10-11-21(20-22)26(27,28)29/h7-8,10-14,20,30H,2-6,9,15-19H2,1H3. The zero-order valence-corrected chi connectivity index (χ0v) is 19.7. The Balaban J connectivity index is 1.68. The number of esters is 1. The van der Waals surface area contributed by atoms with Crippen LogP contribution >= 0.6 is 0 Å². The molecule has 2 aromatic rings. The molecule has 0 aliphatic rings. The Morgan fingerprint density at radius 3 is 2.26 bits per heavy atom. The van der Waals surface area contributed by atoms with Gasteiger partial charge in [0.1, 0.15) is 6.61 Å². The van der Waals surface area contributed by atoms with E-state index in [1.165, 1.54) is 44.2 Å². The van der Waals surface area contributed by atoms with Crippen LogP contribution in [0.2, 0.25) is 0 Å². The zero-order valence-electron chi connectivity index (χ0n) is 19.7. The summed E-state index contributed by atoms with van der Waals surface area (Å²) < 4.78 is 55.1. The molecule has 0 bridgehead atoms. The molecule has 34 heavy (non-hydrogen) atoms. The van der Waals surface area contributed by atoms with Crippen molar-refractivity contribution in [3.8, 4) is 0 Å². The second-order valence-electron chi connectivity index (χ2n) is 7.88. The van der Waals surface area contributed by atoms with Crippen molar-refractivity contribution in [1.29, 1.82) is 0 Å². The Labute approximate surface area is 199 Å². The van der Waals surface area contributed by atoms with Gasteiger partial charge in [-0.15, -0.1) is 0 Å². The molecule has 5 nitrogen and oxygen atoms in total. The molecule has 0 atom stereocenters. The first-order chi connectivity index (χ1) is 16.4. The number of hydrogen-bond acceptors (Lipinski definition) is 5. The number of nitrogens with one attached hydrogen (secondary N) is 1. The smallest absolute Gasteiger partial charge is 0.416 e. The number of ether oxygens (including phenoxy) is 3. The Morgan fingerprint density at radius 2 is 1.50 bits per heavy atom. The second-order valence-corrected chi connectivity index (χ2v) is 7.88. The molecule has 0 spiro atoms. The molecule has 1 N–H and O–H groups in total. The van der Waals surface area contributed by atoms with Crippen LogP contribution in [0.3, 0.4) is 0 Å². The predicted octanol–water partition coefficient (Wildman–Crippen LogP) is 7.00. The minimum Gasteiger partial charge on any atom is -0.460 e. The highest BCUT2D eigenvalue weighted by Crippen LogP contribution is 2.32. The SMILES string of the molecule is CCCCCCCCOCCOCCOC(=O)c1ccccc1Nc1cccc(C(F)(F)F)c1. The van der Waals surface area contributed by atoms with Gasteiger partial charge < -0.3 is 19.5 Å². The van der Waals surface area contributed by atoms with Crippen LogP contribution in [0.1, 0.15) is 61.4 Å². The average molecular weight is 482 g/mol. The number of carbonyl (C=O) groups excluding carboxylic acids is 1. The van der Waals surface area contributed by atoms with Crippen LogP contribution in [0.25, 0.3) is 0 Å². The van der Waals surface area contributed by atoms with Gasteiger partial charge in [0.25, 0.3) is 0 Å². The van der Waals surface area contributed by atoms with E-state index in [1.807, 2.05) is 0 Å². The van der Waals surface area contributed by atoms with Gasteiger partial charge in [-0.25, -0.2) is 4.79 Å². The molecule has 0 unspecified atom stereocenters. The first-order valence-corrected chi connectivity index (χ1v) is 11.8. The van der Waals surface area contributed by atoms with Crippen molar-refractivity contribution in [2.24, 2.45) is 0 Å². The van der Waals surface area contributed by atoms with Gasteiger partial charge in [-0.2, -0.15) is 13.2 Å². The summed E-state index contributed by atoms with van der Waals surface area (Å²) in [5, 5.41) is 2.87. The zero-order chi connectivity index (χ0) is 24.7. The molecule has 0 aromatic heterocycles. The van der Waals surface area contributed by atoms with Crippen molar-refractivity contribution in [2.45, 2.75) is 51.6 Å². The lowest BCUT2D eigenvalue weighted by Gasteiger charge is -2.13. The van der Waals surface area contributed by atoms with Crippen LogP contribution in [0.15, 0.2) is 48.5 Å². The third-order valence-corrected chi connectivity index (χ3v) is 5.09. The molecule has 0 saturated heterocycles. The summed E-state index contributed by atoms with van der Waals surface area (Å²) in [6.45, 7) is 4.13. The van der Waals surface area contributed by atoms with Gasteiger partial charge in [-0.3, -0.25) is 0 Å². The second kappa shape index (κ2) is 15.3. The van der Waals surface area contributed by atoms with Gasteiger partial charge in [0.15, 0.2) is 0 Å². The van der Waals surface area contributed by atoms with Gasteiger partial charge in [-0.1, -0.05) is 57.2 Å². The summed E-state index contributed by atoms with van der Waals surface area (Å²) >= 11 is 0. The van der Waals surface area contributed by atoms with Crippen molar-refractivity contribution in [1.82, 2.24) is 0 Å². The fraction of sp³-hybridized carbons (Fsp3) is 0.500. The summed E-state index contributed by atoms with van der Waals surface area (Å²) in [5.41, 5.74) is 0.0306. The molecule has 0 amide bonds. The fourth-order valence-electron chi connectivity index (χ4n) is 3.28. The summed E-state index contributed by atoms with van der Waals surface area (Å²) in [5.74, 6) is -0.585. The number of para-hydroxylation sites is 1. The molecule has 0 fully saturated rings. The summed E-state index contributed by atoms with van der Waals surface area (Å²) in [7, 11) is 0. The first kappa shape index (κ1) is 27.7. The number of rotatable bonds is 16. The van der Waals surface area contributed by atoms with Crippen LogP contribution < -0.4 is 5.32 Å². The van der Waals surface area contributed by atoms with E-state index in [4.69, 9.17) is 14.2 Å². The Morgan fingerprint density at radius 1 is 0.824 bits per heavy atom. The maximum absolute atomic E-state index is 13.0. The highest BCUT2D eigenvalue weighted by atomic mass is 19.4. The lowest BCUT2D eigenvalue weighted by molar-refractivity contribution is -0.137. The lowest BCUT2D eigenvalue weighted by Crippen LogP contribution is -2.14. The van der Waals surface area contributed by atoms with Crippen molar-refractivity contribution in [3.05, 3.63) is 59.7 Å². The van der Waals surface area contributed by atoms with Crippen molar-refractivity contribution in [3.63, 3.8) is 0 Å². The normalized spacial score (nSPS) is 11.4. The van der Waals surface area contributed by atoms with E-state index < -0.39 is 17.7 Å². The Bertz CT molecular complexity index is 858. The van der Waals surface area contributed by atoms with E-state index in [1.54, 1.807) is 24.3 Å². The van der Waals surface area contributed by atoms with Crippen molar-refractivity contribution < 1.29 is 32.2 Å². The summed E-state index contributed by atoms with van der Waals surface area (Å²) in [4.78, 5) is 12.5. The summed E-state index contributed by atoms with van der Waals surface area (Å²) in [6, 6.07) is 11.3. The molecule has 188 valence electrons. The summed E-state index contributed by atoms with van der Waals surface area (Å²) in [6.07, 6.45) is 2.84. The monoisotopic (exact) mass is 481 g/mol. The largest absolute Gasteiger partial charge is 0.460 e. The third kappa shape index (κ3) is 10.6. The van der Waals surface area contributed by atoms with Crippen LogP contribution in [-0.2, 0) is 20.4 Å². The minimum atomic E-state index is -4.45.